The summed E-state index contributed by atoms with van der Waals surface area (Å²) in [5.74, 6) is 0.720. The molecule has 6 heteroatoms. The van der Waals surface area contributed by atoms with E-state index in [9.17, 15) is 9.59 Å². The molecule has 1 fully saturated rings. The molecule has 2 aromatic carbocycles. The molecule has 0 saturated carbocycles. The van der Waals surface area contributed by atoms with Crippen molar-refractivity contribution in [2.75, 3.05) is 13.7 Å². The average molecular weight is 418 g/mol. The summed E-state index contributed by atoms with van der Waals surface area (Å²) in [4.78, 5) is 34.2. The van der Waals surface area contributed by atoms with Crippen molar-refractivity contribution in [3.8, 4) is 5.75 Å². The van der Waals surface area contributed by atoms with Gasteiger partial charge < -0.3 is 19.5 Å². The number of nitrogens with one attached hydrogen (secondary N) is 1. The molecule has 3 heterocycles. The number of methoxy groups -OCH3 is 1. The maximum Gasteiger partial charge on any atom is 0.246 e. The number of nitrogens with zero attached hydrogens (tertiary/aromatic N) is 2. The molecule has 3 atom stereocenters. The highest BCUT2D eigenvalue weighted by molar-refractivity contribution is 5.98. The number of H-pyrrole nitrogens is 1. The van der Waals surface area contributed by atoms with Gasteiger partial charge in [-0.2, -0.15) is 0 Å². The Morgan fingerprint density at radius 3 is 2.65 bits per heavy atom. The number of piperazine rings is 1. The van der Waals surface area contributed by atoms with Crippen LogP contribution in [0.1, 0.15) is 43.1 Å². The van der Waals surface area contributed by atoms with E-state index in [0.717, 1.165) is 34.1 Å². The fraction of sp³-hybridized carbons (Fsp3) is 0.360. The zero-order valence-electron chi connectivity index (χ0n) is 18.1. The van der Waals surface area contributed by atoms with Crippen LogP contribution in [0.2, 0.25) is 0 Å². The fourth-order valence-electron chi connectivity index (χ4n) is 5.10. The summed E-state index contributed by atoms with van der Waals surface area (Å²) in [5.41, 5.74) is 3.99. The van der Waals surface area contributed by atoms with E-state index in [-0.39, 0.29) is 24.4 Å². The Kier molecular flexibility index (Phi) is 4.73. The summed E-state index contributed by atoms with van der Waals surface area (Å²) in [6.45, 7) is 4.18. The van der Waals surface area contributed by atoms with Gasteiger partial charge in [0.25, 0.3) is 0 Å². The van der Waals surface area contributed by atoms with Crippen LogP contribution in [0.4, 0.5) is 0 Å². The number of carbonyl (C=O) groups is 2. The second-order valence-electron chi connectivity index (χ2n) is 8.45. The van der Waals surface area contributed by atoms with Crippen LogP contribution in [-0.2, 0) is 16.0 Å². The van der Waals surface area contributed by atoms with Gasteiger partial charge in [0.05, 0.1) is 7.11 Å². The summed E-state index contributed by atoms with van der Waals surface area (Å²) in [6, 6.07) is 15.0. The summed E-state index contributed by atoms with van der Waals surface area (Å²) < 4.78 is 5.66. The number of carbonyl (C=O) groups excluding carboxylic acids is 2. The Morgan fingerprint density at radius 2 is 1.87 bits per heavy atom. The predicted molar refractivity (Wildman–Crippen MR) is 119 cm³/mol. The molecule has 1 saturated heterocycles. The monoisotopic (exact) mass is 417 g/mol. The highest BCUT2D eigenvalue weighted by atomic mass is 16.5. The Balaban J connectivity index is 1.73. The topological polar surface area (TPSA) is 65.6 Å². The number of ether oxygens (including phenoxy) is 1. The van der Waals surface area contributed by atoms with Crippen LogP contribution in [0, 0.1) is 0 Å². The molecule has 31 heavy (non-hydrogen) atoms. The van der Waals surface area contributed by atoms with Crippen molar-refractivity contribution in [3.63, 3.8) is 0 Å². The van der Waals surface area contributed by atoms with E-state index in [1.54, 1.807) is 16.9 Å². The molecule has 2 aliphatic heterocycles. The largest absolute Gasteiger partial charge is 0.496 e. The molecule has 0 spiro atoms. The first-order chi connectivity index (χ1) is 15.0. The van der Waals surface area contributed by atoms with Crippen molar-refractivity contribution in [1.29, 1.82) is 0 Å². The second kappa shape index (κ2) is 7.45. The van der Waals surface area contributed by atoms with Crippen LogP contribution in [-0.4, -0.2) is 52.3 Å². The Morgan fingerprint density at radius 1 is 1.13 bits per heavy atom. The molecule has 0 aliphatic carbocycles. The Labute approximate surface area is 181 Å². The third-order valence-electron chi connectivity index (χ3n) is 6.85. The molecule has 3 aromatic rings. The van der Waals surface area contributed by atoms with Gasteiger partial charge in [0.15, 0.2) is 0 Å². The lowest BCUT2D eigenvalue weighted by Crippen LogP contribution is -2.64. The first kappa shape index (κ1) is 19.7. The number of amides is 2. The molecular formula is C25H27N3O3. The van der Waals surface area contributed by atoms with Crippen LogP contribution >= 0.6 is 0 Å². The third-order valence-corrected chi connectivity index (χ3v) is 6.85. The first-order valence-corrected chi connectivity index (χ1v) is 10.9. The molecule has 6 nitrogen and oxygen atoms in total. The number of aromatic nitrogens is 1. The van der Waals surface area contributed by atoms with Gasteiger partial charge in [-0.05, 0) is 31.0 Å². The maximum absolute atomic E-state index is 13.6. The van der Waals surface area contributed by atoms with Crippen LogP contribution in [0.5, 0.6) is 5.75 Å². The zero-order chi connectivity index (χ0) is 21.7. The number of aromatic amines is 1. The van der Waals surface area contributed by atoms with Crippen molar-refractivity contribution in [2.24, 2.45) is 0 Å². The van der Waals surface area contributed by atoms with Gasteiger partial charge in [-0.15, -0.1) is 0 Å². The van der Waals surface area contributed by atoms with Gasteiger partial charge in [0, 0.05) is 34.6 Å². The number of fused-ring (bicyclic) bond motifs is 4. The highest BCUT2D eigenvalue weighted by Gasteiger charge is 2.49. The molecule has 160 valence electrons. The van der Waals surface area contributed by atoms with Crippen molar-refractivity contribution in [2.45, 2.75) is 44.8 Å². The van der Waals surface area contributed by atoms with Crippen LogP contribution in [0.15, 0.2) is 48.5 Å². The smallest absolute Gasteiger partial charge is 0.246 e. The molecule has 2 amide bonds. The molecule has 0 bridgehead atoms. The number of hydrogen-bond donors (Lipinski definition) is 1. The van der Waals surface area contributed by atoms with Gasteiger partial charge in [-0.25, -0.2) is 0 Å². The standard InChI is InChI=1S/C25H27N3O3/c1-4-15(2)27-14-22(29)28-20(25(27)30)13-18-16-9-5-7-11-19(16)26-23(18)24(28)17-10-6-8-12-21(17)31-3/h5-12,15,20,24,26H,4,13-14H2,1-3H3/t15-,20-,24+/m0/s1. The van der Waals surface area contributed by atoms with Gasteiger partial charge in [0.1, 0.15) is 24.4 Å². The lowest BCUT2D eigenvalue weighted by atomic mass is 9.85. The van der Waals surface area contributed by atoms with Crippen molar-refractivity contribution < 1.29 is 14.3 Å². The lowest BCUT2D eigenvalue weighted by molar-refractivity contribution is -0.160. The predicted octanol–water partition coefficient (Wildman–Crippen LogP) is 3.66. The third kappa shape index (κ3) is 2.92. The zero-order valence-corrected chi connectivity index (χ0v) is 18.1. The molecular weight excluding hydrogens is 390 g/mol. The van der Waals surface area contributed by atoms with Crippen molar-refractivity contribution >= 4 is 22.7 Å². The van der Waals surface area contributed by atoms with Crippen LogP contribution < -0.4 is 4.74 Å². The van der Waals surface area contributed by atoms with Crippen LogP contribution in [0.3, 0.4) is 0 Å². The number of rotatable bonds is 4. The van der Waals surface area contributed by atoms with Gasteiger partial charge in [0.2, 0.25) is 11.8 Å². The molecule has 0 radical (unpaired) electrons. The fourth-order valence-corrected chi connectivity index (χ4v) is 5.10. The Hall–Kier alpha value is -3.28. The summed E-state index contributed by atoms with van der Waals surface area (Å²) in [6.07, 6.45) is 1.34. The minimum atomic E-state index is -0.517. The summed E-state index contributed by atoms with van der Waals surface area (Å²) in [7, 11) is 1.64. The van der Waals surface area contributed by atoms with E-state index < -0.39 is 12.1 Å². The second-order valence-corrected chi connectivity index (χ2v) is 8.45. The van der Waals surface area contributed by atoms with Crippen molar-refractivity contribution in [1.82, 2.24) is 14.8 Å². The highest BCUT2D eigenvalue weighted by Crippen LogP contribution is 2.44. The minimum Gasteiger partial charge on any atom is -0.496 e. The molecule has 0 unspecified atom stereocenters. The minimum absolute atomic E-state index is 0.0230. The number of para-hydroxylation sites is 2. The Bertz CT molecular complexity index is 1170. The molecule has 2 aliphatic rings. The maximum atomic E-state index is 13.6. The lowest BCUT2D eigenvalue weighted by Gasteiger charge is -2.48. The van der Waals surface area contributed by atoms with E-state index >= 15 is 0 Å². The van der Waals surface area contributed by atoms with Gasteiger partial charge in [-0.3, -0.25) is 9.59 Å². The molecule has 1 N–H and O–H groups in total. The summed E-state index contributed by atoms with van der Waals surface area (Å²) in [5, 5.41) is 1.11. The number of hydrogen-bond acceptors (Lipinski definition) is 3. The van der Waals surface area contributed by atoms with Crippen molar-refractivity contribution in [3.05, 3.63) is 65.4 Å². The van der Waals surface area contributed by atoms with Gasteiger partial charge >= 0.3 is 0 Å². The van der Waals surface area contributed by atoms with Gasteiger partial charge in [-0.1, -0.05) is 43.3 Å². The average Bonchev–Trinajstić information content (AvgIpc) is 3.18. The SMILES string of the molecule is CC[C@H](C)N1CC(=O)N2[C@H](c3ccccc3OC)c3[nH]c4ccccc4c3C[C@H]2C1=O. The van der Waals surface area contributed by atoms with E-state index in [1.807, 2.05) is 56.3 Å². The first-order valence-electron chi connectivity index (χ1n) is 10.9. The van der Waals surface area contributed by atoms with E-state index in [1.165, 1.54) is 0 Å². The summed E-state index contributed by atoms with van der Waals surface area (Å²) >= 11 is 0. The van der Waals surface area contributed by atoms with E-state index in [0.29, 0.717) is 12.2 Å². The van der Waals surface area contributed by atoms with E-state index in [2.05, 4.69) is 11.1 Å². The van der Waals surface area contributed by atoms with Crippen LogP contribution in [0.25, 0.3) is 10.9 Å². The quantitative estimate of drug-likeness (QED) is 0.705. The van der Waals surface area contributed by atoms with E-state index in [4.69, 9.17) is 4.74 Å². The number of benzene rings is 2. The molecule has 1 aromatic heterocycles. The normalized spacial score (nSPS) is 21.8. The molecule has 5 rings (SSSR count).